The summed E-state index contributed by atoms with van der Waals surface area (Å²) in [6, 6.07) is 6.65. The molecule has 1 aliphatic rings. The van der Waals surface area contributed by atoms with Gasteiger partial charge in [0.05, 0.1) is 16.9 Å². The fourth-order valence-electron chi connectivity index (χ4n) is 3.65. The monoisotopic (exact) mass is 551 g/mol. The number of rotatable bonds is 8. The van der Waals surface area contributed by atoms with Crippen molar-refractivity contribution in [1.82, 2.24) is 20.3 Å². The first kappa shape index (κ1) is 26.6. The normalized spacial score (nSPS) is 15.9. The molecule has 0 aromatic heterocycles. The number of nitrogens with zero attached hydrogens (tertiary/aromatic N) is 2. The zero-order valence-corrected chi connectivity index (χ0v) is 21.3. The highest BCUT2D eigenvalue weighted by molar-refractivity contribution is 14.0. The third-order valence-corrected chi connectivity index (χ3v) is 6.71. The molecule has 0 radical (unpaired) electrons. The third-order valence-electron chi connectivity index (χ3n) is 5.28. The molecule has 30 heavy (non-hydrogen) atoms. The van der Waals surface area contributed by atoms with Gasteiger partial charge in [-0.05, 0) is 44.5 Å². The number of halogens is 1. The van der Waals surface area contributed by atoms with Crippen LogP contribution in [-0.2, 0) is 21.4 Å². The number of hydrogen-bond donors (Lipinski definition) is 3. The van der Waals surface area contributed by atoms with E-state index >= 15 is 0 Å². The van der Waals surface area contributed by atoms with Gasteiger partial charge in [-0.3, -0.25) is 4.79 Å². The maximum Gasteiger partial charge on any atom is 0.240 e. The van der Waals surface area contributed by atoms with Crippen LogP contribution in [0.4, 0.5) is 0 Å². The molecule has 10 heteroatoms. The van der Waals surface area contributed by atoms with Gasteiger partial charge in [-0.2, -0.15) is 0 Å². The molecule has 0 bridgehead atoms. The zero-order chi connectivity index (χ0) is 21.5. The van der Waals surface area contributed by atoms with Crippen LogP contribution in [0.15, 0.2) is 34.2 Å². The summed E-state index contributed by atoms with van der Waals surface area (Å²) in [7, 11) is 1.56. The van der Waals surface area contributed by atoms with E-state index in [-0.39, 0.29) is 40.2 Å². The van der Waals surface area contributed by atoms with Crippen LogP contribution in [0.3, 0.4) is 0 Å². The Labute approximate surface area is 197 Å². The summed E-state index contributed by atoms with van der Waals surface area (Å²) >= 11 is 0. The number of benzene rings is 1. The largest absolute Gasteiger partial charge is 0.357 e. The molecule has 1 fully saturated rings. The molecule has 0 atom stereocenters. The summed E-state index contributed by atoms with van der Waals surface area (Å²) in [5.74, 6) is 0.817. The number of aliphatic imine (C=N–C) groups is 1. The molecule has 0 unspecified atom stereocenters. The molecule has 2 rings (SSSR count). The second-order valence-corrected chi connectivity index (χ2v) is 9.47. The summed E-state index contributed by atoms with van der Waals surface area (Å²) < 4.78 is 25.9. The summed E-state index contributed by atoms with van der Waals surface area (Å²) in [4.78, 5) is 19.2. The number of nitrogens with one attached hydrogen (secondary N) is 3. The molecule has 1 saturated carbocycles. The highest BCUT2D eigenvalue weighted by Crippen LogP contribution is 2.38. The Morgan fingerprint density at radius 2 is 1.73 bits per heavy atom. The molecule has 1 aromatic carbocycles. The van der Waals surface area contributed by atoms with Gasteiger partial charge in [0.2, 0.25) is 15.9 Å². The second-order valence-electron chi connectivity index (χ2n) is 7.59. The first-order valence-corrected chi connectivity index (χ1v) is 11.5. The first-order valence-electron chi connectivity index (χ1n) is 10.0. The molecule has 0 heterocycles. The van der Waals surface area contributed by atoms with Gasteiger partial charge in [0.1, 0.15) is 0 Å². The molecule has 0 spiro atoms. The molecule has 1 aliphatic carbocycles. The van der Waals surface area contributed by atoms with Crippen LogP contribution in [-0.4, -0.2) is 59.4 Å². The van der Waals surface area contributed by atoms with E-state index in [0.29, 0.717) is 25.6 Å². The number of sulfonamides is 1. The van der Waals surface area contributed by atoms with Crippen molar-refractivity contribution < 1.29 is 13.2 Å². The van der Waals surface area contributed by atoms with Crippen LogP contribution in [0.1, 0.15) is 38.2 Å². The lowest BCUT2D eigenvalue weighted by molar-refractivity contribution is -0.138. The van der Waals surface area contributed by atoms with Gasteiger partial charge in [-0.1, -0.05) is 25.0 Å². The van der Waals surface area contributed by atoms with Gasteiger partial charge >= 0.3 is 0 Å². The van der Waals surface area contributed by atoms with Crippen molar-refractivity contribution in [1.29, 1.82) is 0 Å². The summed E-state index contributed by atoms with van der Waals surface area (Å²) in [6.45, 7) is 3.66. The topological polar surface area (TPSA) is 103 Å². The van der Waals surface area contributed by atoms with Crippen molar-refractivity contribution in [2.75, 3.05) is 34.2 Å². The van der Waals surface area contributed by atoms with Crippen molar-refractivity contribution in [2.45, 2.75) is 44.0 Å². The molecule has 8 nitrogen and oxygen atoms in total. The van der Waals surface area contributed by atoms with Crippen molar-refractivity contribution in [3.8, 4) is 0 Å². The fraction of sp³-hybridized carbons (Fsp3) is 0.600. The predicted octanol–water partition coefficient (Wildman–Crippen LogP) is 1.92. The Balaban J connectivity index is 0.00000450. The van der Waals surface area contributed by atoms with E-state index in [2.05, 4.69) is 20.3 Å². The SMILES string of the molecule is CCNC(=NCc1ccc(S(=O)(=O)NC)cc1)NCC1(C(=O)N(C)C)CCCC1.I. The first-order chi connectivity index (χ1) is 13.7. The standard InChI is InChI=1S/C20H33N5O3S.HI/c1-5-22-19(24-15-20(12-6-7-13-20)18(26)25(3)4)23-14-16-8-10-17(11-9-16)29(27,28)21-2;/h8-11,21H,5-7,12-15H2,1-4H3,(H2,22,23,24);1H. The lowest BCUT2D eigenvalue weighted by Gasteiger charge is -2.31. The Bertz CT molecular complexity index is 819. The molecule has 3 N–H and O–H groups in total. The van der Waals surface area contributed by atoms with Crippen LogP contribution in [0, 0.1) is 5.41 Å². The van der Waals surface area contributed by atoms with E-state index in [0.717, 1.165) is 31.2 Å². The van der Waals surface area contributed by atoms with Gasteiger partial charge in [-0.25, -0.2) is 18.1 Å². The molecule has 170 valence electrons. The number of carbonyl (C=O) groups excluding carboxylic acids is 1. The lowest BCUT2D eigenvalue weighted by atomic mass is 9.84. The van der Waals surface area contributed by atoms with E-state index in [9.17, 15) is 13.2 Å². The average Bonchev–Trinajstić information content (AvgIpc) is 3.19. The Morgan fingerprint density at radius 3 is 2.23 bits per heavy atom. The predicted molar refractivity (Wildman–Crippen MR) is 131 cm³/mol. The van der Waals surface area contributed by atoms with Crippen LogP contribution < -0.4 is 15.4 Å². The number of amides is 1. The lowest BCUT2D eigenvalue weighted by Crippen LogP contribution is -2.49. The highest BCUT2D eigenvalue weighted by Gasteiger charge is 2.42. The maximum atomic E-state index is 12.7. The minimum absolute atomic E-state index is 0. The summed E-state index contributed by atoms with van der Waals surface area (Å²) in [5.41, 5.74) is 0.528. The van der Waals surface area contributed by atoms with Crippen molar-refractivity contribution in [2.24, 2.45) is 10.4 Å². The Morgan fingerprint density at radius 1 is 1.13 bits per heavy atom. The quantitative estimate of drug-likeness (QED) is 0.260. The number of hydrogen-bond acceptors (Lipinski definition) is 4. The molecule has 1 aromatic rings. The molecule has 0 aliphatic heterocycles. The van der Waals surface area contributed by atoms with Crippen LogP contribution in [0.25, 0.3) is 0 Å². The average molecular weight is 551 g/mol. The fourth-order valence-corrected chi connectivity index (χ4v) is 4.38. The van der Waals surface area contributed by atoms with Crippen molar-refractivity contribution >= 4 is 45.9 Å². The van der Waals surface area contributed by atoms with Gasteiger partial charge in [-0.15, -0.1) is 24.0 Å². The molecular formula is C20H34IN5O3S. The molecular weight excluding hydrogens is 517 g/mol. The van der Waals surface area contributed by atoms with Crippen LogP contribution in [0.5, 0.6) is 0 Å². The van der Waals surface area contributed by atoms with Gasteiger partial charge < -0.3 is 15.5 Å². The van der Waals surface area contributed by atoms with E-state index in [1.54, 1.807) is 43.3 Å². The Hall–Kier alpha value is -1.40. The smallest absolute Gasteiger partial charge is 0.240 e. The molecule has 0 saturated heterocycles. The highest BCUT2D eigenvalue weighted by atomic mass is 127. The minimum Gasteiger partial charge on any atom is -0.357 e. The van der Waals surface area contributed by atoms with E-state index in [4.69, 9.17) is 0 Å². The minimum atomic E-state index is -3.44. The van der Waals surface area contributed by atoms with Gasteiger partial charge in [0.25, 0.3) is 0 Å². The number of guanidine groups is 1. The Kier molecular flexibility index (Phi) is 10.5. The zero-order valence-electron chi connectivity index (χ0n) is 18.2. The summed E-state index contributed by atoms with van der Waals surface area (Å²) in [6.07, 6.45) is 3.91. The van der Waals surface area contributed by atoms with Gasteiger partial charge in [0.15, 0.2) is 5.96 Å². The number of carbonyl (C=O) groups is 1. The van der Waals surface area contributed by atoms with Crippen molar-refractivity contribution in [3.63, 3.8) is 0 Å². The third kappa shape index (κ3) is 6.81. The van der Waals surface area contributed by atoms with Gasteiger partial charge in [0, 0.05) is 27.2 Å². The van der Waals surface area contributed by atoms with Crippen molar-refractivity contribution in [3.05, 3.63) is 29.8 Å². The maximum absolute atomic E-state index is 12.7. The van der Waals surface area contributed by atoms with E-state index < -0.39 is 10.0 Å². The van der Waals surface area contributed by atoms with E-state index in [1.165, 1.54) is 7.05 Å². The second kappa shape index (κ2) is 11.8. The molecule has 1 amide bonds. The van der Waals surface area contributed by atoms with E-state index in [1.807, 2.05) is 6.92 Å². The van der Waals surface area contributed by atoms with Crippen LogP contribution >= 0.6 is 24.0 Å². The van der Waals surface area contributed by atoms with Crippen LogP contribution in [0.2, 0.25) is 0 Å². The summed E-state index contributed by atoms with van der Waals surface area (Å²) in [5, 5.41) is 6.55.